The number of halogens is 2. The first kappa shape index (κ1) is 6.97. The van der Waals surface area contributed by atoms with Crippen LogP contribution in [0, 0.1) is 11.8 Å². The van der Waals surface area contributed by atoms with Crippen molar-refractivity contribution in [3.63, 3.8) is 0 Å². The van der Waals surface area contributed by atoms with E-state index in [-0.39, 0.29) is 5.92 Å². The van der Waals surface area contributed by atoms with Gasteiger partial charge in [-0.1, -0.05) is 13.8 Å². The molecular weight excluding hydrogens is 122 g/mol. The SMILES string of the molecule is CC(C)CC1C(F)C1F. The maximum absolute atomic E-state index is 12.2. The van der Waals surface area contributed by atoms with Crippen LogP contribution >= 0.6 is 0 Å². The van der Waals surface area contributed by atoms with Crippen molar-refractivity contribution in [1.29, 1.82) is 0 Å². The van der Waals surface area contributed by atoms with Gasteiger partial charge < -0.3 is 0 Å². The lowest BCUT2D eigenvalue weighted by molar-refractivity contribution is 0.372. The summed E-state index contributed by atoms with van der Waals surface area (Å²) in [5, 5.41) is 0. The number of rotatable bonds is 2. The Morgan fingerprint density at radius 2 is 1.67 bits per heavy atom. The number of hydrogen-bond donors (Lipinski definition) is 0. The molecule has 0 heterocycles. The molecule has 0 amide bonds. The molecule has 0 aliphatic heterocycles. The Bertz CT molecular complexity index is 93.1. The minimum Gasteiger partial charge on any atom is -0.244 e. The highest BCUT2D eigenvalue weighted by Crippen LogP contribution is 2.42. The van der Waals surface area contributed by atoms with Crippen LogP contribution in [0.4, 0.5) is 8.78 Å². The van der Waals surface area contributed by atoms with E-state index < -0.39 is 12.3 Å². The molecule has 54 valence electrons. The van der Waals surface area contributed by atoms with Crippen molar-refractivity contribution in [2.75, 3.05) is 0 Å². The molecule has 1 aliphatic carbocycles. The molecule has 2 atom stereocenters. The standard InChI is InChI=1S/C7H12F2/c1-4(2)3-5-6(8)7(5)9/h4-7H,3H2,1-2H3. The lowest BCUT2D eigenvalue weighted by Crippen LogP contribution is -1.90. The van der Waals surface area contributed by atoms with E-state index in [4.69, 9.17) is 0 Å². The summed E-state index contributed by atoms with van der Waals surface area (Å²) >= 11 is 0. The molecular formula is C7H12F2. The summed E-state index contributed by atoms with van der Waals surface area (Å²) in [7, 11) is 0. The molecule has 1 aliphatic rings. The predicted molar refractivity (Wildman–Crippen MR) is 32.7 cm³/mol. The van der Waals surface area contributed by atoms with Gasteiger partial charge in [-0.25, -0.2) is 8.78 Å². The zero-order valence-corrected chi connectivity index (χ0v) is 5.77. The molecule has 0 radical (unpaired) electrons. The molecule has 0 saturated heterocycles. The molecule has 0 aromatic rings. The summed E-state index contributed by atoms with van der Waals surface area (Å²) in [6.07, 6.45) is -1.60. The monoisotopic (exact) mass is 134 g/mol. The molecule has 0 bridgehead atoms. The van der Waals surface area contributed by atoms with Gasteiger partial charge in [0.25, 0.3) is 0 Å². The Hall–Kier alpha value is -0.140. The highest BCUT2D eigenvalue weighted by atomic mass is 19.2. The van der Waals surface area contributed by atoms with Crippen molar-refractivity contribution in [3.05, 3.63) is 0 Å². The lowest BCUT2D eigenvalue weighted by Gasteiger charge is -1.98. The van der Waals surface area contributed by atoms with Crippen LogP contribution in [0.15, 0.2) is 0 Å². The first-order valence-electron chi connectivity index (χ1n) is 3.41. The van der Waals surface area contributed by atoms with Crippen LogP contribution in [0.5, 0.6) is 0 Å². The second-order valence-corrected chi connectivity index (χ2v) is 3.18. The van der Waals surface area contributed by atoms with Crippen molar-refractivity contribution >= 4 is 0 Å². The Morgan fingerprint density at radius 1 is 1.22 bits per heavy atom. The Kier molecular flexibility index (Phi) is 1.73. The van der Waals surface area contributed by atoms with Gasteiger partial charge >= 0.3 is 0 Å². The van der Waals surface area contributed by atoms with Gasteiger partial charge in [-0.2, -0.15) is 0 Å². The molecule has 0 aromatic carbocycles. The highest BCUT2D eigenvalue weighted by Gasteiger charge is 2.51. The number of alkyl halides is 2. The molecule has 9 heavy (non-hydrogen) atoms. The zero-order chi connectivity index (χ0) is 7.02. The van der Waals surface area contributed by atoms with Gasteiger partial charge in [-0.05, 0) is 12.3 Å². The lowest BCUT2D eigenvalue weighted by atomic mass is 10.1. The highest BCUT2D eigenvalue weighted by molar-refractivity contribution is 4.98. The Morgan fingerprint density at radius 3 is 1.78 bits per heavy atom. The Balaban J connectivity index is 2.18. The quantitative estimate of drug-likeness (QED) is 0.543. The van der Waals surface area contributed by atoms with Crippen LogP contribution in [0.3, 0.4) is 0 Å². The van der Waals surface area contributed by atoms with Crippen molar-refractivity contribution < 1.29 is 8.78 Å². The van der Waals surface area contributed by atoms with E-state index in [1.807, 2.05) is 13.8 Å². The van der Waals surface area contributed by atoms with Crippen LogP contribution in [0.1, 0.15) is 20.3 Å². The van der Waals surface area contributed by atoms with E-state index in [2.05, 4.69) is 0 Å². The average molecular weight is 134 g/mol. The fourth-order valence-corrected chi connectivity index (χ4v) is 1.10. The third-order valence-corrected chi connectivity index (χ3v) is 1.72. The molecule has 0 aromatic heterocycles. The van der Waals surface area contributed by atoms with Crippen molar-refractivity contribution in [2.45, 2.75) is 32.6 Å². The maximum Gasteiger partial charge on any atom is 0.137 e. The van der Waals surface area contributed by atoms with Gasteiger partial charge in [-0.3, -0.25) is 0 Å². The topological polar surface area (TPSA) is 0 Å². The van der Waals surface area contributed by atoms with E-state index in [0.717, 1.165) is 0 Å². The zero-order valence-electron chi connectivity index (χ0n) is 5.77. The van der Waals surface area contributed by atoms with E-state index in [1.165, 1.54) is 0 Å². The van der Waals surface area contributed by atoms with Crippen LogP contribution in [-0.4, -0.2) is 12.3 Å². The van der Waals surface area contributed by atoms with Gasteiger partial charge in [0.2, 0.25) is 0 Å². The summed E-state index contributed by atoms with van der Waals surface area (Å²) in [5.41, 5.74) is 0. The molecule has 2 unspecified atom stereocenters. The first-order chi connectivity index (χ1) is 4.13. The van der Waals surface area contributed by atoms with Gasteiger partial charge in [0.05, 0.1) is 0 Å². The van der Waals surface area contributed by atoms with Gasteiger partial charge in [0.1, 0.15) is 12.3 Å². The fourth-order valence-electron chi connectivity index (χ4n) is 1.10. The predicted octanol–water partition coefficient (Wildman–Crippen LogP) is 2.34. The molecule has 1 saturated carbocycles. The average Bonchev–Trinajstić information content (AvgIpc) is 2.22. The molecule has 0 nitrogen and oxygen atoms in total. The summed E-state index contributed by atoms with van der Waals surface area (Å²) in [4.78, 5) is 0. The largest absolute Gasteiger partial charge is 0.244 e. The second-order valence-electron chi connectivity index (χ2n) is 3.18. The normalized spacial score (nSPS) is 41.7. The minimum absolute atomic E-state index is 0.273. The Labute approximate surface area is 54.3 Å². The van der Waals surface area contributed by atoms with E-state index in [9.17, 15) is 8.78 Å². The van der Waals surface area contributed by atoms with Gasteiger partial charge in [-0.15, -0.1) is 0 Å². The van der Waals surface area contributed by atoms with E-state index >= 15 is 0 Å². The molecule has 1 fully saturated rings. The minimum atomic E-state index is -1.15. The summed E-state index contributed by atoms with van der Waals surface area (Å²) in [6, 6.07) is 0. The van der Waals surface area contributed by atoms with Crippen LogP contribution in [-0.2, 0) is 0 Å². The van der Waals surface area contributed by atoms with E-state index in [0.29, 0.717) is 12.3 Å². The fraction of sp³-hybridized carbons (Fsp3) is 1.00. The first-order valence-corrected chi connectivity index (χ1v) is 3.41. The van der Waals surface area contributed by atoms with Crippen molar-refractivity contribution in [3.8, 4) is 0 Å². The van der Waals surface area contributed by atoms with Crippen molar-refractivity contribution in [2.24, 2.45) is 11.8 Å². The van der Waals surface area contributed by atoms with Gasteiger partial charge in [0, 0.05) is 5.92 Å². The summed E-state index contributed by atoms with van der Waals surface area (Å²) in [5.74, 6) is 0.152. The third-order valence-electron chi connectivity index (χ3n) is 1.72. The van der Waals surface area contributed by atoms with Crippen LogP contribution in [0.2, 0.25) is 0 Å². The summed E-state index contributed by atoms with van der Waals surface area (Å²) < 4.78 is 24.3. The third kappa shape index (κ3) is 1.41. The second kappa shape index (κ2) is 2.24. The molecule has 2 heteroatoms. The van der Waals surface area contributed by atoms with E-state index in [1.54, 1.807) is 0 Å². The molecule has 0 spiro atoms. The van der Waals surface area contributed by atoms with Gasteiger partial charge in [0.15, 0.2) is 0 Å². The van der Waals surface area contributed by atoms with Crippen molar-refractivity contribution in [1.82, 2.24) is 0 Å². The molecule has 1 rings (SSSR count). The van der Waals surface area contributed by atoms with Crippen LogP contribution in [0.25, 0.3) is 0 Å². The maximum atomic E-state index is 12.2. The number of hydrogen-bond acceptors (Lipinski definition) is 0. The molecule has 0 N–H and O–H groups in total. The van der Waals surface area contributed by atoms with Crippen LogP contribution < -0.4 is 0 Å². The summed E-state index contributed by atoms with van der Waals surface area (Å²) in [6.45, 7) is 3.97. The smallest absolute Gasteiger partial charge is 0.137 e.